The predicted molar refractivity (Wildman–Crippen MR) is 70.5 cm³/mol. The first kappa shape index (κ1) is 14.0. The largest absolute Gasteiger partial charge is 0.375 e. The molecule has 1 amide bonds. The Kier molecular flexibility index (Phi) is 4.21. The summed E-state index contributed by atoms with van der Waals surface area (Å²) in [7, 11) is -1.90. The molecule has 1 heterocycles. The molecule has 1 unspecified atom stereocenters. The zero-order chi connectivity index (χ0) is 13.9. The van der Waals surface area contributed by atoms with E-state index in [1.807, 2.05) is 0 Å². The SMILES string of the molecule is COCC(=O)N1CCC(S(=O)(=O)c2ccccc2)C1. The topological polar surface area (TPSA) is 63.7 Å². The molecule has 0 saturated carbocycles. The molecule has 6 heteroatoms. The van der Waals surface area contributed by atoms with Crippen LogP contribution in [0.15, 0.2) is 35.2 Å². The molecule has 1 aromatic rings. The number of nitrogens with zero attached hydrogens (tertiary/aromatic N) is 1. The van der Waals surface area contributed by atoms with Gasteiger partial charge in [-0.1, -0.05) is 18.2 Å². The van der Waals surface area contributed by atoms with E-state index in [2.05, 4.69) is 0 Å². The molecule has 19 heavy (non-hydrogen) atoms. The van der Waals surface area contributed by atoms with Gasteiger partial charge in [0.25, 0.3) is 0 Å². The second-order valence-electron chi connectivity index (χ2n) is 4.54. The molecule has 0 aromatic heterocycles. The van der Waals surface area contributed by atoms with Gasteiger partial charge in [0, 0.05) is 20.2 Å². The summed E-state index contributed by atoms with van der Waals surface area (Å²) in [6, 6.07) is 8.37. The van der Waals surface area contributed by atoms with Crippen molar-refractivity contribution < 1.29 is 17.9 Å². The molecular formula is C13H17NO4S. The molecule has 5 nitrogen and oxygen atoms in total. The molecule has 1 aliphatic heterocycles. The number of carbonyl (C=O) groups excluding carboxylic acids is 1. The molecule has 0 aliphatic carbocycles. The Balaban J connectivity index is 2.11. The fourth-order valence-corrected chi connectivity index (χ4v) is 3.94. The summed E-state index contributed by atoms with van der Waals surface area (Å²) in [4.78, 5) is 13.5. The summed E-state index contributed by atoms with van der Waals surface area (Å²) >= 11 is 0. The van der Waals surface area contributed by atoms with E-state index in [0.29, 0.717) is 17.9 Å². The zero-order valence-electron chi connectivity index (χ0n) is 10.8. The van der Waals surface area contributed by atoms with E-state index in [-0.39, 0.29) is 19.1 Å². The zero-order valence-corrected chi connectivity index (χ0v) is 11.6. The highest BCUT2D eigenvalue weighted by Gasteiger charge is 2.35. The Bertz CT molecular complexity index is 541. The van der Waals surface area contributed by atoms with Gasteiger partial charge in [-0.05, 0) is 18.6 Å². The maximum Gasteiger partial charge on any atom is 0.248 e. The lowest BCUT2D eigenvalue weighted by Crippen LogP contribution is -2.34. The molecule has 0 N–H and O–H groups in total. The van der Waals surface area contributed by atoms with Gasteiger partial charge < -0.3 is 9.64 Å². The summed E-state index contributed by atoms with van der Waals surface area (Å²) in [5.74, 6) is -0.159. The smallest absolute Gasteiger partial charge is 0.248 e. The molecule has 104 valence electrons. The highest BCUT2D eigenvalue weighted by atomic mass is 32.2. The third-order valence-corrected chi connectivity index (χ3v) is 5.47. The summed E-state index contributed by atoms with van der Waals surface area (Å²) in [6.07, 6.45) is 0.479. The number of sulfone groups is 1. The third kappa shape index (κ3) is 2.96. The van der Waals surface area contributed by atoms with Gasteiger partial charge in [0.1, 0.15) is 6.61 Å². The Morgan fingerprint density at radius 2 is 2.05 bits per heavy atom. The second-order valence-corrected chi connectivity index (χ2v) is 6.77. The number of hydrogen-bond donors (Lipinski definition) is 0. The Hall–Kier alpha value is -1.40. The number of likely N-dealkylation sites (tertiary alicyclic amines) is 1. The first-order valence-electron chi connectivity index (χ1n) is 6.11. The minimum Gasteiger partial charge on any atom is -0.375 e. The maximum atomic E-state index is 12.4. The molecule has 1 atom stereocenters. The van der Waals surface area contributed by atoms with Gasteiger partial charge in [0.2, 0.25) is 5.91 Å². The van der Waals surface area contributed by atoms with Gasteiger partial charge in [-0.2, -0.15) is 0 Å². The van der Waals surface area contributed by atoms with Crippen molar-refractivity contribution in [2.75, 3.05) is 26.8 Å². The van der Waals surface area contributed by atoms with E-state index in [4.69, 9.17) is 4.74 Å². The average molecular weight is 283 g/mol. The third-order valence-electron chi connectivity index (χ3n) is 3.28. The Labute approximate surface area is 113 Å². The standard InChI is InChI=1S/C13H17NO4S/c1-18-10-13(15)14-8-7-12(9-14)19(16,17)11-5-3-2-4-6-11/h2-6,12H,7-10H2,1H3. The van der Waals surface area contributed by atoms with Gasteiger partial charge in [-0.3, -0.25) is 4.79 Å². The molecule has 2 rings (SSSR count). The first-order valence-corrected chi connectivity index (χ1v) is 7.66. The molecule has 1 fully saturated rings. The van der Waals surface area contributed by atoms with E-state index in [9.17, 15) is 13.2 Å². The number of ether oxygens (including phenoxy) is 1. The quantitative estimate of drug-likeness (QED) is 0.816. The van der Waals surface area contributed by atoms with Crippen LogP contribution in [0.4, 0.5) is 0 Å². The lowest BCUT2D eigenvalue weighted by atomic mass is 10.4. The minimum absolute atomic E-state index is 0.00188. The van der Waals surface area contributed by atoms with Crippen molar-refractivity contribution >= 4 is 15.7 Å². The second kappa shape index (κ2) is 5.71. The molecular weight excluding hydrogens is 266 g/mol. The number of hydrogen-bond acceptors (Lipinski definition) is 4. The van der Waals surface area contributed by atoms with Crippen molar-refractivity contribution in [3.8, 4) is 0 Å². The normalized spacial score (nSPS) is 19.6. The highest BCUT2D eigenvalue weighted by molar-refractivity contribution is 7.92. The van der Waals surface area contributed by atoms with Crippen molar-refractivity contribution in [3.05, 3.63) is 30.3 Å². The van der Waals surface area contributed by atoms with E-state index in [1.54, 1.807) is 35.2 Å². The van der Waals surface area contributed by atoms with Gasteiger partial charge >= 0.3 is 0 Å². The van der Waals surface area contributed by atoms with Crippen LogP contribution in [0.25, 0.3) is 0 Å². The fraction of sp³-hybridized carbons (Fsp3) is 0.462. The Morgan fingerprint density at radius 3 is 2.68 bits per heavy atom. The van der Waals surface area contributed by atoms with Crippen LogP contribution >= 0.6 is 0 Å². The van der Waals surface area contributed by atoms with Crippen molar-refractivity contribution in [2.24, 2.45) is 0 Å². The van der Waals surface area contributed by atoms with E-state index in [1.165, 1.54) is 7.11 Å². The Morgan fingerprint density at radius 1 is 1.37 bits per heavy atom. The van der Waals surface area contributed by atoms with Crippen LogP contribution in [0.1, 0.15) is 6.42 Å². The fourth-order valence-electron chi connectivity index (χ4n) is 2.23. The van der Waals surface area contributed by atoms with Gasteiger partial charge in [0.05, 0.1) is 10.1 Å². The van der Waals surface area contributed by atoms with Crippen LogP contribution < -0.4 is 0 Å². The number of carbonyl (C=O) groups is 1. The molecule has 0 spiro atoms. The summed E-state index contributed by atoms with van der Waals surface area (Å²) in [6.45, 7) is 0.719. The molecule has 0 bridgehead atoms. The van der Waals surface area contributed by atoms with Crippen LogP contribution in [-0.2, 0) is 19.4 Å². The van der Waals surface area contributed by atoms with E-state index < -0.39 is 15.1 Å². The van der Waals surface area contributed by atoms with Crippen LogP contribution in [0.3, 0.4) is 0 Å². The van der Waals surface area contributed by atoms with E-state index >= 15 is 0 Å². The van der Waals surface area contributed by atoms with Crippen molar-refractivity contribution in [1.82, 2.24) is 4.90 Å². The van der Waals surface area contributed by atoms with Crippen LogP contribution in [0, 0.1) is 0 Å². The van der Waals surface area contributed by atoms with Crippen molar-refractivity contribution in [2.45, 2.75) is 16.6 Å². The molecule has 1 aromatic carbocycles. The lowest BCUT2D eigenvalue weighted by molar-refractivity contribution is -0.133. The number of rotatable bonds is 4. The molecule has 1 aliphatic rings. The lowest BCUT2D eigenvalue weighted by Gasteiger charge is -2.16. The summed E-state index contributed by atoms with van der Waals surface area (Å²) in [5.41, 5.74) is 0. The van der Waals surface area contributed by atoms with Crippen LogP contribution in [-0.4, -0.2) is 51.3 Å². The maximum absolute atomic E-state index is 12.4. The van der Waals surface area contributed by atoms with Crippen molar-refractivity contribution in [3.63, 3.8) is 0 Å². The minimum atomic E-state index is -3.35. The number of methoxy groups -OCH3 is 1. The first-order chi connectivity index (χ1) is 9.05. The van der Waals surface area contributed by atoms with Gasteiger partial charge in [-0.15, -0.1) is 0 Å². The number of benzene rings is 1. The van der Waals surface area contributed by atoms with Gasteiger partial charge in [0.15, 0.2) is 9.84 Å². The average Bonchev–Trinajstić information content (AvgIpc) is 2.90. The highest BCUT2D eigenvalue weighted by Crippen LogP contribution is 2.23. The van der Waals surface area contributed by atoms with Gasteiger partial charge in [-0.25, -0.2) is 8.42 Å². The monoisotopic (exact) mass is 283 g/mol. The van der Waals surface area contributed by atoms with Crippen LogP contribution in [0.2, 0.25) is 0 Å². The molecule has 0 radical (unpaired) electrons. The van der Waals surface area contributed by atoms with Crippen LogP contribution in [0.5, 0.6) is 0 Å². The molecule has 1 saturated heterocycles. The summed E-state index contributed by atoms with van der Waals surface area (Å²) in [5, 5.41) is -0.518. The number of amides is 1. The predicted octanol–water partition coefficient (Wildman–Crippen LogP) is 0.708. The summed E-state index contributed by atoms with van der Waals surface area (Å²) < 4.78 is 29.6. The van der Waals surface area contributed by atoms with E-state index in [0.717, 1.165) is 0 Å². The van der Waals surface area contributed by atoms with Crippen molar-refractivity contribution in [1.29, 1.82) is 0 Å².